The van der Waals surface area contributed by atoms with Gasteiger partial charge < -0.3 is 10.4 Å². The van der Waals surface area contributed by atoms with Crippen LogP contribution in [0.15, 0.2) is 42.5 Å². The number of hydrogen-bond acceptors (Lipinski definition) is 2. The Labute approximate surface area is 146 Å². The Morgan fingerprint density at radius 1 is 1.16 bits per heavy atom. The van der Waals surface area contributed by atoms with E-state index in [1.54, 1.807) is 12.1 Å². The zero-order valence-corrected chi connectivity index (χ0v) is 14.1. The van der Waals surface area contributed by atoms with Crippen molar-refractivity contribution < 1.29 is 14.3 Å². The van der Waals surface area contributed by atoms with E-state index in [4.69, 9.17) is 0 Å². The summed E-state index contributed by atoms with van der Waals surface area (Å²) in [6.45, 7) is 0. The minimum Gasteiger partial charge on any atom is -0.508 e. The van der Waals surface area contributed by atoms with Crippen LogP contribution in [-0.4, -0.2) is 11.0 Å². The molecular formula is C21H22FNO2. The van der Waals surface area contributed by atoms with E-state index in [1.165, 1.54) is 12.1 Å². The molecule has 4 rings (SSSR count). The van der Waals surface area contributed by atoms with E-state index in [2.05, 4.69) is 5.32 Å². The van der Waals surface area contributed by atoms with Crippen LogP contribution in [0.5, 0.6) is 5.75 Å². The molecule has 1 saturated carbocycles. The molecule has 2 aromatic carbocycles. The van der Waals surface area contributed by atoms with Gasteiger partial charge in [0.15, 0.2) is 0 Å². The molecule has 0 heterocycles. The molecule has 3 nitrogen and oxygen atoms in total. The highest BCUT2D eigenvalue weighted by atomic mass is 19.1. The Hall–Kier alpha value is -2.36. The second-order valence-corrected chi connectivity index (χ2v) is 7.21. The molecule has 2 aromatic rings. The van der Waals surface area contributed by atoms with Crippen LogP contribution in [0.2, 0.25) is 0 Å². The second-order valence-electron chi connectivity index (χ2n) is 7.21. The van der Waals surface area contributed by atoms with Crippen LogP contribution in [0.25, 0.3) is 0 Å². The van der Waals surface area contributed by atoms with Gasteiger partial charge in [-0.05, 0) is 60.6 Å². The molecule has 0 saturated heterocycles. The lowest BCUT2D eigenvalue weighted by Crippen LogP contribution is -2.43. The van der Waals surface area contributed by atoms with E-state index in [-0.39, 0.29) is 17.8 Å². The number of amides is 1. The monoisotopic (exact) mass is 339 g/mol. The first-order valence-corrected chi connectivity index (χ1v) is 8.98. The summed E-state index contributed by atoms with van der Waals surface area (Å²) in [6, 6.07) is 11.9. The van der Waals surface area contributed by atoms with Crippen molar-refractivity contribution in [3.8, 4) is 5.75 Å². The third-order valence-corrected chi connectivity index (χ3v) is 5.82. The van der Waals surface area contributed by atoms with Gasteiger partial charge in [-0.25, -0.2) is 4.39 Å². The molecule has 2 aliphatic carbocycles. The third kappa shape index (κ3) is 2.70. The van der Waals surface area contributed by atoms with E-state index in [9.17, 15) is 14.3 Å². The topological polar surface area (TPSA) is 49.3 Å². The van der Waals surface area contributed by atoms with Crippen LogP contribution in [0.3, 0.4) is 0 Å². The molecule has 1 fully saturated rings. The minimum atomic E-state index is -0.637. The van der Waals surface area contributed by atoms with Gasteiger partial charge in [-0.3, -0.25) is 4.79 Å². The third-order valence-electron chi connectivity index (χ3n) is 5.82. The Morgan fingerprint density at radius 2 is 1.92 bits per heavy atom. The van der Waals surface area contributed by atoms with E-state index in [0.717, 1.165) is 55.2 Å². The average molecular weight is 339 g/mol. The van der Waals surface area contributed by atoms with Crippen LogP contribution in [0.4, 0.5) is 4.39 Å². The number of rotatable bonds is 3. The highest BCUT2D eigenvalue weighted by Gasteiger charge is 2.44. The maximum atomic E-state index is 13.7. The van der Waals surface area contributed by atoms with Gasteiger partial charge >= 0.3 is 0 Å². The number of phenolic OH excluding ortho intramolecular Hbond substituents is 1. The minimum absolute atomic E-state index is 0.0169. The zero-order valence-electron chi connectivity index (χ0n) is 14.1. The number of benzene rings is 2. The standard InChI is InChI=1S/C21H22FNO2/c22-15-6-3-5-14(13-15)21(11-1-2-12-21)20(25)23-18-10-9-17-16(18)7-4-8-19(17)24/h3-8,13,18,24H,1-2,9-12H2,(H,23,25). The Kier molecular flexibility index (Phi) is 3.98. The highest BCUT2D eigenvalue weighted by Crippen LogP contribution is 2.43. The number of phenols is 1. The number of aromatic hydroxyl groups is 1. The Bertz CT molecular complexity index is 811. The summed E-state index contributed by atoms with van der Waals surface area (Å²) in [5, 5.41) is 13.2. The van der Waals surface area contributed by atoms with Crippen LogP contribution >= 0.6 is 0 Å². The quantitative estimate of drug-likeness (QED) is 0.883. The summed E-state index contributed by atoms with van der Waals surface area (Å²) in [4.78, 5) is 13.2. The number of fused-ring (bicyclic) bond motifs is 1. The number of carbonyl (C=O) groups excluding carboxylic acids is 1. The van der Waals surface area contributed by atoms with Gasteiger partial charge in [0.05, 0.1) is 11.5 Å². The largest absolute Gasteiger partial charge is 0.508 e. The van der Waals surface area contributed by atoms with Crippen LogP contribution < -0.4 is 5.32 Å². The second kappa shape index (κ2) is 6.17. The molecule has 0 bridgehead atoms. The smallest absolute Gasteiger partial charge is 0.231 e. The van der Waals surface area contributed by atoms with Crippen molar-refractivity contribution in [3.63, 3.8) is 0 Å². The lowest BCUT2D eigenvalue weighted by molar-refractivity contribution is -0.127. The van der Waals surface area contributed by atoms with Gasteiger partial charge in [0, 0.05) is 0 Å². The van der Waals surface area contributed by atoms with Crippen molar-refractivity contribution in [1.29, 1.82) is 0 Å². The molecule has 25 heavy (non-hydrogen) atoms. The fourth-order valence-electron chi connectivity index (χ4n) is 4.49. The molecule has 2 N–H and O–H groups in total. The van der Waals surface area contributed by atoms with E-state index in [0.29, 0.717) is 5.75 Å². The Morgan fingerprint density at radius 3 is 2.68 bits per heavy atom. The molecule has 1 unspecified atom stereocenters. The summed E-state index contributed by atoms with van der Waals surface area (Å²) in [5.74, 6) is -0.0144. The fraction of sp³-hybridized carbons (Fsp3) is 0.381. The van der Waals surface area contributed by atoms with Crippen LogP contribution in [-0.2, 0) is 16.6 Å². The molecule has 0 aliphatic heterocycles. The van der Waals surface area contributed by atoms with E-state index < -0.39 is 5.41 Å². The number of nitrogens with one attached hydrogen (secondary N) is 1. The molecule has 0 aromatic heterocycles. The van der Waals surface area contributed by atoms with Crippen molar-refractivity contribution in [1.82, 2.24) is 5.32 Å². The molecule has 0 radical (unpaired) electrons. The predicted octanol–water partition coefficient (Wildman–Crippen LogP) is 4.15. The van der Waals surface area contributed by atoms with E-state index in [1.807, 2.05) is 18.2 Å². The van der Waals surface area contributed by atoms with Crippen molar-refractivity contribution in [3.05, 3.63) is 65.0 Å². The maximum absolute atomic E-state index is 13.7. The first-order chi connectivity index (χ1) is 12.1. The summed E-state index contributed by atoms with van der Waals surface area (Å²) < 4.78 is 13.7. The summed E-state index contributed by atoms with van der Waals surface area (Å²) in [5.41, 5.74) is 2.07. The van der Waals surface area contributed by atoms with Gasteiger partial charge in [-0.2, -0.15) is 0 Å². The maximum Gasteiger partial charge on any atom is 0.231 e. The SMILES string of the molecule is O=C(NC1CCc2c(O)cccc21)C1(c2cccc(F)c2)CCCC1. The predicted molar refractivity (Wildman–Crippen MR) is 93.9 cm³/mol. The number of halogens is 1. The molecule has 130 valence electrons. The van der Waals surface area contributed by atoms with Crippen molar-refractivity contribution >= 4 is 5.91 Å². The first kappa shape index (κ1) is 16.1. The molecule has 2 aliphatic rings. The zero-order chi connectivity index (χ0) is 17.4. The number of hydrogen-bond donors (Lipinski definition) is 2. The lowest BCUT2D eigenvalue weighted by Gasteiger charge is -2.30. The van der Waals surface area contributed by atoms with Crippen molar-refractivity contribution in [2.75, 3.05) is 0 Å². The summed E-state index contributed by atoms with van der Waals surface area (Å²) >= 11 is 0. The van der Waals surface area contributed by atoms with Gasteiger partial charge in [0.2, 0.25) is 5.91 Å². The van der Waals surface area contributed by atoms with Gasteiger partial charge in [-0.1, -0.05) is 37.1 Å². The first-order valence-electron chi connectivity index (χ1n) is 8.98. The summed E-state index contributed by atoms with van der Waals surface area (Å²) in [6.07, 6.45) is 5.01. The average Bonchev–Trinajstić information content (AvgIpc) is 3.24. The highest BCUT2D eigenvalue weighted by molar-refractivity contribution is 5.89. The lowest BCUT2D eigenvalue weighted by atomic mass is 9.77. The van der Waals surface area contributed by atoms with Gasteiger partial charge in [0.25, 0.3) is 0 Å². The van der Waals surface area contributed by atoms with Crippen molar-refractivity contribution in [2.24, 2.45) is 0 Å². The van der Waals surface area contributed by atoms with Crippen molar-refractivity contribution in [2.45, 2.75) is 50.0 Å². The number of carbonyl (C=O) groups is 1. The fourth-order valence-corrected chi connectivity index (χ4v) is 4.49. The summed E-state index contributed by atoms with van der Waals surface area (Å²) in [7, 11) is 0. The normalized spacial score (nSPS) is 21.1. The van der Waals surface area contributed by atoms with Crippen LogP contribution in [0, 0.1) is 5.82 Å². The molecule has 1 atom stereocenters. The van der Waals surface area contributed by atoms with E-state index >= 15 is 0 Å². The Balaban J connectivity index is 1.63. The van der Waals surface area contributed by atoms with Gasteiger partial charge in [-0.15, -0.1) is 0 Å². The molecule has 1 amide bonds. The molecular weight excluding hydrogens is 317 g/mol. The molecule has 4 heteroatoms. The van der Waals surface area contributed by atoms with Crippen LogP contribution in [0.1, 0.15) is 54.8 Å². The molecule has 0 spiro atoms. The van der Waals surface area contributed by atoms with Gasteiger partial charge in [0.1, 0.15) is 11.6 Å².